The summed E-state index contributed by atoms with van der Waals surface area (Å²) in [5, 5.41) is 0. The van der Waals surface area contributed by atoms with Gasteiger partial charge < -0.3 is 20.3 Å². The van der Waals surface area contributed by atoms with Crippen molar-refractivity contribution in [3.63, 3.8) is 0 Å². The van der Waals surface area contributed by atoms with Crippen LogP contribution in [0.1, 0.15) is 12.8 Å². The maximum absolute atomic E-state index is 5.82. The third-order valence-corrected chi connectivity index (χ3v) is 3.01. The van der Waals surface area contributed by atoms with Gasteiger partial charge in [-0.2, -0.15) is 0 Å². The first-order valence-electron chi connectivity index (χ1n) is 6.90. The summed E-state index contributed by atoms with van der Waals surface area (Å²) in [5.41, 5.74) is 6.53. The van der Waals surface area contributed by atoms with Gasteiger partial charge in [-0.05, 0) is 59.2 Å². The van der Waals surface area contributed by atoms with E-state index in [9.17, 15) is 0 Å². The van der Waals surface area contributed by atoms with Crippen molar-refractivity contribution in [2.75, 3.05) is 53.1 Å². The second-order valence-corrected chi connectivity index (χ2v) is 5.20. The zero-order valence-corrected chi connectivity index (χ0v) is 12.4. The Hall–Kier alpha value is -1.26. The molecule has 4 heteroatoms. The monoisotopic (exact) mass is 265 g/mol. The van der Waals surface area contributed by atoms with Crippen LogP contribution in [0.5, 0.6) is 5.75 Å². The Balaban J connectivity index is 2.09. The van der Waals surface area contributed by atoms with Crippen LogP contribution in [0.3, 0.4) is 0 Å². The molecule has 0 atom stereocenters. The van der Waals surface area contributed by atoms with Crippen LogP contribution in [0.4, 0.5) is 5.69 Å². The van der Waals surface area contributed by atoms with Crippen molar-refractivity contribution in [2.24, 2.45) is 0 Å². The summed E-state index contributed by atoms with van der Waals surface area (Å²) in [4.78, 5) is 4.57. The third kappa shape index (κ3) is 7.03. The van der Waals surface area contributed by atoms with E-state index >= 15 is 0 Å². The lowest BCUT2D eigenvalue weighted by atomic mass is 10.3. The number of hydrogen-bond acceptors (Lipinski definition) is 4. The lowest BCUT2D eigenvalue weighted by Gasteiger charge is -2.18. The molecule has 0 spiro atoms. The molecule has 0 aliphatic rings. The number of ether oxygens (including phenoxy) is 1. The molecule has 0 aliphatic heterocycles. The van der Waals surface area contributed by atoms with Gasteiger partial charge in [0.25, 0.3) is 0 Å². The molecule has 19 heavy (non-hydrogen) atoms. The first-order chi connectivity index (χ1) is 9.09. The lowest BCUT2D eigenvalue weighted by molar-refractivity contribution is 0.254. The lowest BCUT2D eigenvalue weighted by Crippen LogP contribution is -2.25. The minimum absolute atomic E-state index is 0.710. The van der Waals surface area contributed by atoms with Crippen molar-refractivity contribution >= 4 is 5.69 Å². The molecule has 1 rings (SSSR count). The Labute approximate surface area is 117 Å². The highest BCUT2D eigenvalue weighted by molar-refractivity contribution is 5.51. The second kappa shape index (κ2) is 8.77. The summed E-state index contributed by atoms with van der Waals surface area (Å²) in [7, 11) is 6.38. The van der Waals surface area contributed by atoms with Crippen molar-refractivity contribution in [1.29, 1.82) is 0 Å². The average Bonchev–Trinajstić information content (AvgIpc) is 2.36. The van der Waals surface area contributed by atoms with Gasteiger partial charge in [0.05, 0.1) is 12.3 Å². The highest BCUT2D eigenvalue weighted by Gasteiger charge is 2.01. The van der Waals surface area contributed by atoms with E-state index in [-0.39, 0.29) is 0 Å². The summed E-state index contributed by atoms with van der Waals surface area (Å²) in [6.07, 6.45) is 2.22. The first kappa shape index (κ1) is 15.8. The van der Waals surface area contributed by atoms with E-state index in [1.54, 1.807) is 0 Å². The molecule has 0 amide bonds. The summed E-state index contributed by atoms with van der Waals surface area (Å²) in [6, 6.07) is 7.64. The van der Waals surface area contributed by atoms with Gasteiger partial charge in [0.15, 0.2) is 0 Å². The Kier molecular flexibility index (Phi) is 7.30. The number of benzene rings is 1. The Morgan fingerprint density at radius 3 is 2.37 bits per heavy atom. The van der Waals surface area contributed by atoms with Gasteiger partial charge in [-0.25, -0.2) is 0 Å². The van der Waals surface area contributed by atoms with Crippen molar-refractivity contribution < 1.29 is 4.74 Å². The normalized spacial score (nSPS) is 11.2. The summed E-state index contributed by atoms with van der Waals surface area (Å²) >= 11 is 0. The highest BCUT2D eigenvalue weighted by Crippen LogP contribution is 2.19. The molecule has 108 valence electrons. The molecule has 0 bridgehead atoms. The Bertz CT molecular complexity index is 355. The Morgan fingerprint density at radius 1 is 1.00 bits per heavy atom. The number of rotatable bonds is 9. The number of para-hydroxylation sites is 2. The van der Waals surface area contributed by atoms with Crippen molar-refractivity contribution in [2.45, 2.75) is 12.8 Å². The van der Waals surface area contributed by atoms with Crippen molar-refractivity contribution in [3.05, 3.63) is 24.3 Å². The molecule has 2 N–H and O–H groups in total. The van der Waals surface area contributed by atoms with Crippen LogP contribution in [-0.2, 0) is 0 Å². The molecular weight excluding hydrogens is 238 g/mol. The van der Waals surface area contributed by atoms with Crippen LogP contribution in [-0.4, -0.2) is 57.2 Å². The van der Waals surface area contributed by atoms with Crippen LogP contribution < -0.4 is 10.5 Å². The summed E-state index contributed by atoms with van der Waals surface area (Å²) in [5.74, 6) is 0.790. The fourth-order valence-electron chi connectivity index (χ4n) is 1.90. The number of nitrogens with two attached hydrogens (primary N) is 1. The van der Waals surface area contributed by atoms with Crippen molar-refractivity contribution in [3.8, 4) is 5.75 Å². The van der Waals surface area contributed by atoms with Gasteiger partial charge in [0.2, 0.25) is 0 Å². The van der Waals surface area contributed by atoms with E-state index in [2.05, 4.69) is 30.9 Å². The maximum atomic E-state index is 5.82. The quantitative estimate of drug-likeness (QED) is 0.547. The van der Waals surface area contributed by atoms with Gasteiger partial charge in [-0.15, -0.1) is 0 Å². The minimum atomic E-state index is 0.710. The zero-order valence-electron chi connectivity index (χ0n) is 12.4. The molecule has 1 aromatic rings. The molecule has 0 aliphatic carbocycles. The second-order valence-electron chi connectivity index (χ2n) is 5.20. The van der Waals surface area contributed by atoms with E-state index in [0.29, 0.717) is 12.3 Å². The van der Waals surface area contributed by atoms with E-state index in [0.717, 1.165) is 31.8 Å². The molecule has 0 fully saturated rings. The predicted molar refractivity (Wildman–Crippen MR) is 81.6 cm³/mol. The molecular formula is C15H27N3O. The SMILES string of the molecule is CN(C)CCCN(C)CCCOc1ccccc1N. The molecule has 0 radical (unpaired) electrons. The molecule has 0 saturated heterocycles. The van der Waals surface area contributed by atoms with Crippen LogP contribution >= 0.6 is 0 Å². The topological polar surface area (TPSA) is 41.7 Å². The van der Waals surface area contributed by atoms with Crippen molar-refractivity contribution in [1.82, 2.24) is 9.80 Å². The van der Waals surface area contributed by atoms with Gasteiger partial charge in [0.1, 0.15) is 5.75 Å². The molecule has 0 saturated carbocycles. The van der Waals surface area contributed by atoms with Crippen LogP contribution in [0.15, 0.2) is 24.3 Å². The zero-order chi connectivity index (χ0) is 14.1. The fraction of sp³-hybridized carbons (Fsp3) is 0.600. The van der Waals surface area contributed by atoms with Crippen LogP contribution in [0.25, 0.3) is 0 Å². The predicted octanol–water partition coefficient (Wildman–Crippen LogP) is 1.92. The molecule has 0 aromatic heterocycles. The number of hydrogen-bond donors (Lipinski definition) is 1. The van der Waals surface area contributed by atoms with Crippen LogP contribution in [0.2, 0.25) is 0 Å². The number of nitrogen functional groups attached to an aromatic ring is 1. The number of anilines is 1. The van der Waals surface area contributed by atoms with Gasteiger partial charge in [0, 0.05) is 6.54 Å². The van der Waals surface area contributed by atoms with Gasteiger partial charge >= 0.3 is 0 Å². The molecule has 1 aromatic carbocycles. The standard InChI is InChI=1S/C15H27N3O/c1-17(2)10-6-11-18(3)12-7-13-19-15-9-5-4-8-14(15)16/h4-5,8-9H,6-7,10-13,16H2,1-3H3. The van der Waals surface area contributed by atoms with Crippen LogP contribution in [0, 0.1) is 0 Å². The molecule has 0 unspecified atom stereocenters. The summed E-state index contributed by atoms with van der Waals surface area (Å²) in [6.45, 7) is 4.04. The van der Waals surface area contributed by atoms with Gasteiger partial charge in [-0.1, -0.05) is 12.1 Å². The highest BCUT2D eigenvalue weighted by atomic mass is 16.5. The molecule has 4 nitrogen and oxygen atoms in total. The van der Waals surface area contributed by atoms with Gasteiger partial charge in [-0.3, -0.25) is 0 Å². The fourth-order valence-corrected chi connectivity index (χ4v) is 1.90. The van der Waals surface area contributed by atoms with E-state index in [4.69, 9.17) is 10.5 Å². The smallest absolute Gasteiger partial charge is 0.142 e. The minimum Gasteiger partial charge on any atom is -0.491 e. The van der Waals surface area contributed by atoms with E-state index < -0.39 is 0 Å². The van der Waals surface area contributed by atoms with E-state index in [1.807, 2.05) is 24.3 Å². The largest absolute Gasteiger partial charge is 0.491 e. The third-order valence-electron chi connectivity index (χ3n) is 3.01. The number of nitrogens with zero attached hydrogens (tertiary/aromatic N) is 2. The summed E-state index contributed by atoms with van der Waals surface area (Å²) < 4.78 is 5.67. The first-order valence-corrected chi connectivity index (χ1v) is 6.90. The van der Waals surface area contributed by atoms with E-state index in [1.165, 1.54) is 6.42 Å². The maximum Gasteiger partial charge on any atom is 0.142 e. The average molecular weight is 265 g/mol. The molecule has 0 heterocycles. The Morgan fingerprint density at radius 2 is 1.68 bits per heavy atom.